The van der Waals surface area contributed by atoms with Crippen molar-refractivity contribution < 1.29 is 49.3 Å². The number of ether oxygens (including phenoxy) is 3. The smallest absolute Gasteiger partial charge is 0.306 e. The summed E-state index contributed by atoms with van der Waals surface area (Å²) in [6.45, 7) is 5.83. The first-order chi connectivity index (χ1) is 43.7. The zero-order valence-corrected chi connectivity index (χ0v) is 58.3. The molecule has 1 aliphatic rings. The maximum absolute atomic E-state index is 13.5. The van der Waals surface area contributed by atoms with E-state index in [1.54, 1.807) is 6.08 Å². The standard InChI is InChI=1S/C78H145NO10/c1-4-7-10-13-16-19-22-25-27-29-31-33-34-35-36-37-39-40-42-44-47-50-53-56-59-62-65-71(82)77(86)79-69(70(81)64-61-58-55-52-49-46-24-21-18-15-12-9-6-3)68-87-78-76(75(85)74(84)72(67-80)88-78)89-73(83)66-63-60-57-54-51-48-45-43-41-38-32-30-28-26-23-20-17-14-11-8-5-2/h17,20,26,28,32,38,61,64,69-72,74-76,78,80-82,84-85H,4-16,18-19,21-25,27,29-31,33-37,39-60,62-63,65-68H2,1-3H3,(H,79,86)/b20-17-,28-26-,38-32-,64-61+. The Morgan fingerprint density at radius 1 is 0.438 bits per heavy atom. The third-order valence-electron chi connectivity index (χ3n) is 18.2. The minimum Gasteiger partial charge on any atom is -0.454 e. The summed E-state index contributed by atoms with van der Waals surface area (Å²) in [4.78, 5) is 26.7. The number of aliphatic hydroxyl groups excluding tert-OH is 5. The minimum atomic E-state index is -1.62. The first kappa shape index (κ1) is 84.6. The highest BCUT2D eigenvalue weighted by molar-refractivity contribution is 5.80. The van der Waals surface area contributed by atoms with Crippen molar-refractivity contribution in [3.05, 3.63) is 48.6 Å². The van der Waals surface area contributed by atoms with E-state index in [1.807, 2.05) is 6.08 Å². The van der Waals surface area contributed by atoms with E-state index in [1.165, 1.54) is 244 Å². The van der Waals surface area contributed by atoms with Gasteiger partial charge in [0, 0.05) is 6.42 Å². The number of esters is 1. The van der Waals surface area contributed by atoms with Crippen LogP contribution in [0.15, 0.2) is 48.6 Å². The van der Waals surface area contributed by atoms with Crippen molar-refractivity contribution in [3.63, 3.8) is 0 Å². The van der Waals surface area contributed by atoms with Gasteiger partial charge in [-0.25, -0.2) is 0 Å². The van der Waals surface area contributed by atoms with E-state index in [0.717, 1.165) is 83.5 Å². The molecule has 1 aliphatic heterocycles. The van der Waals surface area contributed by atoms with Gasteiger partial charge in [-0.05, 0) is 64.2 Å². The van der Waals surface area contributed by atoms with Crippen molar-refractivity contribution in [2.45, 2.75) is 423 Å². The van der Waals surface area contributed by atoms with Crippen LogP contribution in [0, 0.1) is 0 Å². The molecule has 0 aromatic heterocycles. The lowest BCUT2D eigenvalue weighted by atomic mass is 9.99. The number of amides is 1. The molecule has 1 rings (SSSR count). The molecule has 89 heavy (non-hydrogen) atoms. The summed E-state index contributed by atoms with van der Waals surface area (Å²) in [5.74, 6) is -1.19. The molecule has 1 fully saturated rings. The molecule has 1 saturated heterocycles. The topological polar surface area (TPSA) is 175 Å². The van der Waals surface area contributed by atoms with Crippen molar-refractivity contribution in [1.82, 2.24) is 5.32 Å². The van der Waals surface area contributed by atoms with Crippen LogP contribution in [-0.4, -0.2) is 99.6 Å². The Morgan fingerprint density at radius 3 is 1.18 bits per heavy atom. The molecule has 522 valence electrons. The van der Waals surface area contributed by atoms with Crippen molar-refractivity contribution in [2.75, 3.05) is 13.2 Å². The number of aliphatic hydroxyl groups is 5. The molecule has 6 N–H and O–H groups in total. The van der Waals surface area contributed by atoms with E-state index in [2.05, 4.69) is 62.5 Å². The van der Waals surface area contributed by atoms with Gasteiger partial charge in [-0.3, -0.25) is 9.59 Å². The number of hydrogen-bond acceptors (Lipinski definition) is 10. The van der Waals surface area contributed by atoms with Crippen LogP contribution in [0.4, 0.5) is 0 Å². The van der Waals surface area contributed by atoms with Crippen LogP contribution in [0.2, 0.25) is 0 Å². The van der Waals surface area contributed by atoms with Crippen LogP contribution < -0.4 is 5.32 Å². The van der Waals surface area contributed by atoms with Gasteiger partial charge in [-0.2, -0.15) is 0 Å². The van der Waals surface area contributed by atoms with Gasteiger partial charge in [0.15, 0.2) is 12.4 Å². The number of carbonyl (C=O) groups excluding carboxylic acids is 2. The van der Waals surface area contributed by atoms with E-state index in [0.29, 0.717) is 19.3 Å². The normalized spacial score (nSPS) is 18.3. The molecular weight excluding hydrogens is 1110 g/mol. The van der Waals surface area contributed by atoms with Gasteiger partial charge in [-0.15, -0.1) is 0 Å². The van der Waals surface area contributed by atoms with Crippen molar-refractivity contribution >= 4 is 11.9 Å². The van der Waals surface area contributed by atoms with E-state index >= 15 is 0 Å². The SMILES string of the molecule is CCCCC/C=C\C/C=C\C/C=C\CCCCCCCCCCC(=O)OC1C(OCC(NC(=O)C(O)CCCCCCCCCCCCCCCCCCCCCCCCCCCC)C(O)/C=C/CCCCCCCCCCCCC)OC(CO)C(O)C1O. The van der Waals surface area contributed by atoms with Crippen LogP contribution >= 0.6 is 0 Å². The quantitative estimate of drug-likeness (QED) is 0.0195. The predicted octanol–water partition coefficient (Wildman–Crippen LogP) is 20.3. The lowest BCUT2D eigenvalue weighted by molar-refractivity contribution is -0.305. The molecule has 0 saturated carbocycles. The highest BCUT2D eigenvalue weighted by Crippen LogP contribution is 2.27. The summed E-state index contributed by atoms with van der Waals surface area (Å²) in [5, 5.41) is 57.4. The highest BCUT2D eigenvalue weighted by Gasteiger charge is 2.47. The van der Waals surface area contributed by atoms with Gasteiger partial charge >= 0.3 is 5.97 Å². The fraction of sp³-hybridized carbons (Fsp3) is 0.872. The van der Waals surface area contributed by atoms with Gasteiger partial charge in [0.1, 0.15) is 24.4 Å². The van der Waals surface area contributed by atoms with Gasteiger partial charge in [0.05, 0.1) is 25.4 Å². The minimum absolute atomic E-state index is 0.117. The summed E-state index contributed by atoms with van der Waals surface area (Å²) in [6, 6.07) is -1.02. The number of hydrogen-bond donors (Lipinski definition) is 6. The molecule has 0 radical (unpaired) electrons. The Labute approximate surface area is 548 Å². The van der Waals surface area contributed by atoms with Gasteiger partial charge in [-0.1, -0.05) is 352 Å². The Balaban J connectivity index is 2.53. The van der Waals surface area contributed by atoms with E-state index in [-0.39, 0.29) is 13.0 Å². The summed E-state index contributed by atoms with van der Waals surface area (Å²) in [6.07, 6.45) is 73.0. The number of allylic oxidation sites excluding steroid dienone is 7. The second-order valence-corrected chi connectivity index (χ2v) is 26.7. The summed E-state index contributed by atoms with van der Waals surface area (Å²) >= 11 is 0. The third kappa shape index (κ3) is 52.7. The zero-order chi connectivity index (χ0) is 64.6. The van der Waals surface area contributed by atoms with Crippen molar-refractivity contribution in [1.29, 1.82) is 0 Å². The Morgan fingerprint density at radius 2 is 0.775 bits per heavy atom. The van der Waals surface area contributed by atoms with E-state index < -0.39 is 67.4 Å². The van der Waals surface area contributed by atoms with Crippen LogP contribution in [0.3, 0.4) is 0 Å². The molecule has 1 heterocycles. The first-order valence-electron chi connectivity index (χ1n) is 38.4. The number of carbonyl (C=O) groups is 2. The molecule has 8 atom stereocenters. The van der Waals surface area contributed by atoms with Gasteiger partial charge in [0.2, 0.25) is 5.91 Å². The lowest BCUT2D eigenvalue weighted by Gasteiger charge is -2.41. The molecule has 0 aromatic carbocycles. The fourth-order valence-corrected chi connectivity index (χ4v) is 12.2. The summed E-state index contributed by atoms with van der Waals surface area (Å²) in [5.41, 5.74) is 0. The molecule has 1 amide bonds. The Bertz CT molecular complexity index is 1640. The largest absolute Gasteiger partial charge is 0.454 e. The lowest BCUT2D eigenvalue weighted by Crippen LogP contribution is -2.61. The molecule has 0 bridgehead atoms. The van der Waals surface area contributed by atoms with Crippen LogP contribution in [0.5, 0.6) is 0 Å². The molecule has 0 aromatic rings. The van der Waals surface area contributed by atoms with E-state index in [4.69, 9.17) is 14.2 Å². The second-order valence-electron chi connectivity index (χ2n) is 26.7. The van der Waals surface area contributed by atoms with Crippen molar-refractivity contribution in [2.24, 2.45) is 0 Å². The summed E-state index contributed by atoms with van der Waals surface area (Å²) < 4.78 is 17.7. The predicted molar refractivity (Wildman–Crippen MR) is 375 cm³/mol. The summed E-state index contributed by atoms with van der Waals surface area (Å²) in [7, 11) is 0. The maximum Gasteiger partial charge on any atom is 0.306 e. The van der Waals surface area contributed by atoms with Crippen LogP contribution in [0.25, 0.3) is 0 Å². The fourth-order valence-electron chi connectivity index (χ4n) is 12.2. The number of unbranched alkanes of at least 4 members (excludes halogenated alkanes) is 47. The molecule has 8 unspecified atom stereocenters. The average Bonchev–Trinajstić information content (AvgIpc) is 2.24. The van der Waals surface area contributed by atoms with Gasteiger partial charge < -0.3 is 45.1 Å². The third-order valence-corrected chi connectivity index (χ3v) is 18.2. The van der Waals surface area contributed by atoms with E-state index in [9.17, 15) is 35.1 Å². The van der Waals surface area contributed by atoms with Crippen molar-refractivity contribution in [3.8, 4) is 0 Å². The second kappa shape index (κ2) is 65.7. The zero-order valence-electron chi connectivity index (χ0n) is 58.3. The highest BCUT2D eigenvalue weighted by atomic mass is 16.7. The Kier molecular flexibility index (Phi) is 62.4. The van der Waals surface area contributed by atoms with Gasteiger partial charge in [0.25, 0.3) is 0 Å². The molecular formula is C78H145NO10. The number of nitrogens with one attached hydrogen (secondary N) is 1. The maximum atomic E-state index is 13.5. The molecule has 0 aliphatic carbocycles. The van der Waals surface area contributed by atoms with Crippen LogP contribution in [-0.2, 0) is 23.8 Å². The Hall–Kier alpha value is -2.38. The first-order valence-corrected chi connectivity index (χ1v) is 38.4. The molecule has 11 nitrogen and oxygen atoms in total. The van der Waals surface area contributed by atoms with Crippen LogP contribution in [0.1, 0.15) is 374 Å². The molecule has 11 heteroatoms. The average molecular weight is 1260 g/mol. The number of rotatable bonds is 67. The molecule has 0 spiro atoms. The monoisotopic (exact) mass is 1260 g/mol.